The molecule has 11 heteroatoms. The van der Waals surface area contributed by atoms with Crippen LogP contribution in [0.5, 0.6) is 0 Å². The Morgan fingerprint density at radius 3 is 2.31 bits per heavy atom. The van der Waals surface area contributed by atoms with Crippen LogP contribution in [0.15, 0.2) is 84.6 Å². The molecule has 1 aromatic rings. The van der Waals surface area contributed by atoms with Gasteiger partial charge in [0.15, 0.2) is 0 Å². The van der Waals surface area contributed by atoms with Crippen molar-refractivity contribution < 1.29 is 34.3 Å². The number of carbonyl (C=O) groups is 2. The van der Waals surface area contributed by atoms with Crippen molar-refractivity contribution >= 4 is 64.3 Å². The van der Waals surface area contributed by atoms with E-state index >= 15 is 0 Å². The number of allylic oxidation sites excluding steroid dienone is 8. The number of aliphatic carboxylic acids is 2. The van der Waals surface area contributed by atoms with Gasteiger partial charge in [-0.25, -0.2) is 9.98 Å². The molecule has 0 saturated heterocycles. The van der Waals surface area contributed by atoms with Crippen LogP contribution >= 0.6 is 0 Å². The Morgan fingerprint density at radius 1 is 1.00 bits per heavy atom. The molecule has 45 heavy (non-hydrogen) atoms. The maximum absolute atomic E-state index is 12.5. The van der Waals surface area contributed by atoms with Gasteiger partial charge in [-0.05, 0) is 62.8 Å². The van der Waals surface area contributed by atoms with Crippen molar-refractivity contribution in [3.63, 3.8) is 0 Å². The first kappa shape index (κ1) is 33.7. The number of carboxylic acids is 2. The largest absolute Gasteiger partial charge is 2.00 e. The smallest absolute Gasteiger partial charge is 0.883 e. The van der Waals surface area contributed by atoms with Gasteiger partial charge in [-0.2, -0.15) is 5.95 Å². The number of carbonyl (C=O) groups excluding carboxylic acids is 2. The van der Waals surface area contributed by atoms with Crippen LogP contribution in [-0.4, -0.2) is 52.1 Å². The summed E-state index contributed by atoms with van der Waals surface area (Å²) in [6, 6.07) is 0. The summed E-state index contributed by atoms with van der Waals surface area (Å²) in [6.07, 6.45) is 6.85. The van der Waals surface area contributed by atoms with E-state index in [0.29, 0.717) is 39.9 Å². The van der Waals surface area contributed by atoms with E-state index in [0.717, 1.165) is 22.3 Å². The first-order chi connectivity index (χ1) is 20.9. The second-order valence-electron chi connectivity index (χ2n) is 11.3. The molecule has 2 atom stereocenters. The summed E-state index contributed by atoms with van der Waals surface area (Å²) in [7, 11) is 0. The third-order valence-electron chi connectivity index (χ3n) is 8.76. The molecule has 0 aliphatic carbocycles. The number of nitrogens with zero attached hydrogens (tertiary/aromatic N) is 4. The molecular weight excluding hydrogens is 585 g/mol. The number of hydrogen-bond donors (Lipinski definition) is 0. The van der Waals surface area contributed by atoms with Crippen LogP contribution in [0, 0.1) is 18.8 Å². The maximum atomic E-state index is 12.5. The second kappa shape index (κ2) is 13.0. The molecule has 0 N–H and O–H groups in total. The predicted molar refractivity (Wildman–Crippen MR) is 168 cm³/mol. The van der Waals surface area contributed by atoms with Gasteiger partial charge in [-0.15, -0.1) is 10.7 Å². The summed E-state index contributed by atoms with van der Waals surface area (Å²) in [5.74, 6) is -5.20. The van der Waals surface area contributed by atoms with Crippen LogP contribution in [-0.2, 0) is 16.0 Å². The Kier molecular flexibility index (Phi) is 9.74. The van der Waals surface area contributed by atoms with Crippen molar-refractivity contribution in [1.82, 2.24) is 4.98 Å². The molecule has 10 nitrogen and oxygen atoms in total. The van der Waals surface area contributed by atoms with Gasteiger partial charge in [0.2, 0.25) is 0 Å². The van der Waals surface area contributed by atoms with E-state index in [1.807, 2.05) is 33.8 Å². The van der Waals surface area contributed by atoms with E-state index in [1.54, 1.807) is 25.2 Å². The summed E-state index contributed by atoms with van der Waals surface area (Å²) in [4.78, 5) is 42.8. The van der Waals surface area contributed by atoms with Gasteiger partial charge in [-0.3, -0.25) is 4.99 Å². The van der Waals surface area contributed by atoms with Crippen molar-refractivity contribution in [2.75, 3.05) is 0 Å². The fourth-order valence-corrected chi connectivity index (χ4v) is 6.34. The van der Waals surface area contributed by atoms with Crippen LogP contribution in [0.3, 0.4) is 0 Å². The Morgan fingerprint density at radius 2 is 1.71 bits per heavy atom. The van der Waals surface area contributed by atoms with E-state index in [9.17, 15) is 30.0 Å². The number of fused-ring (bicyclic) bond motifs is 5. The van der Waals surface area contributed by atoms with Gasteiger partial charge in [0, 0.05) is 47.1 Å². The first-order valence-corrected chi connectivity index (χ1v) is 14.5. The van der Waals surface area contributed by atoms with Crippen LogP contribution in [0.4, 0.5) is 0 Å². The van der Waals surface area contributed by atoms with E-state index in [1.165, 1.54) is 0 Å². The Balaban J connectivity index is 0.00000288. The molecule has 0 radical (unpaired) electrons. The van der Waals surface area contributed by atoms with Gasteiger partial charge in [0.25, 0.3) is 0 Å². The summed E-state index contributed by atoms with van der Waals surface area (Å²) in [6.45, 7) is 13.3. The van der Waals surface area contributed by atoms with Gasteiger partial charge < -0.3 is 35.0 Å². The molecule has 4 aliphatic rings. The average molecular weight is 619 g/mol. The van der Waals surface area contributed by atoms with Crippen LogP contribution in [0.1, 0.15) is 62.4 Å². The average Bonchev–Trinajstić information content (AvgIpc) is 3.63. The molecule has 0 aromatic carbocycles. The minimum atomic E-state index is -1.52. The molecule has 8 bridgehead atoms. The van der Waals surface area contributed by atoms with Gasteiger partial charge in [0.1, 0.15) is 0 Å². The summed E-state index contributed by atoms with van der Waals surface area (Å²) in [5, 5.41) is 50.0. The predicted octanol–water partition coefficient (Wildman–Crippen LogP) is -0.821. The summed E-state index contributed by atoms with van der Waals surface area (Å²) in [5.41, 5.74) is 5.92. The van der Waals surface area contributed by atoms with E-state index < -0.39 is 30.2 Å². The van der Waals surface area contributed by atoms with Gasteiger partial charge in [0.05, 0.1) is 28.5 Å². The zero-order valence-corrected chi connectivity index (χ0v) is 27.4. The van der Waals surface area contributed by atoms with Crippen molar-refractivity contribution in [2.45, 2.75) is 60.3 Å². The molecule has 5 heterocycles. The topological polar surface area (TPSA) is 178 Å². The second-order valence-corrected chi connectivity index (χ2v) is 11.3. The van der Waals surface area contributed by atoms with Crippen LogP contribution in [0.2, 0.25) is 0 Å². The molecule has 2 unspecified atom stereocenters. The molecular formula is C34H34MgN4O6. The molecule has 0 amide bonds. The number of hydrogen-bond acceptors (Lipinski definition) is 9. The fraction of sp³-hybridized carbons (Fsp3) is 0.324. The number of aliphatic imine (C=N–C) groups is 3. The molecule has 0 spiro atoms. The monoisotopic (exact) mass is 618 g/mol. The molecule has 4 aliphatic heterocycles. The third-order valence-corrected chi connectivity index (χ3v) is 8.76. The minimum Gasteiger partial charge on any atom is -0.883 e. The van der Waals surface area contributed by atoms with E-state index in [-0.39, 0.29) is 74.2 Å². The van der Waals surface area contributed by atoms with Crippen molar-refractivity contribution in [3.8, 4) is 0 Å². The van der Waals surface area contributed by atoms with Crippen molar-refractivity contribution in [3.05, 3.63) is 91.5 Å². The van der Waals surface area contributed by atoms with E-state index in [4.69, 9.17) is 15.0 Å². The molecule has 228 valence electrons. The van der Waals surface area contributed by atoms with E-state index in [2.05, 4.69) is 11.6 Å². The van der Waals surface area contributed by atoms with Gasteiger partial charge >= 0.3 is 27.3 Å². The molecule has 0 fully saturated rings. The Bertz CT molecular complexity index is 1920. The third kappa shape index (κ3) is 6.06. The van der Waals surface area contributed by atoms with Crippen molar-refractivity contribution in [2.24, 2.45) is 26.8 Å². The number of carboxylic acid groups (broad SMARTS) is 2. The minimum absolute atomic E-state index is 0. The zero-order valence-electron chi connectivity index (χ0n) is 28.9. The number of rotatable bonds is 7. The number of aromatic nitrogens is 1. The Labute approximate surface area is 281 Å². The summed E-state index contributed by atoms with van der Waals surface area (Å²) >= 11 is 0. The summed E-state index contributed by atoms with van der Waals surface area (Å²) < 4.78 is 0. The molecule has 5 rings (SSSR count). The Hall–Kier alpha value is -4.22. The molecule has 0 saturated carbocycles. The van der Waals surface area contributed by atoms with Crippen LogP contribution in [0.25, 0.3) is 12.2 Å². The van der Waals surface area contributed by atoms with Crippen LogP contribution < -0.4 is 36.1 Å². The van der Waals surface area contributed by atoms with Crippen molar-refractivity contribution in [1.29, 1.82) is 0 Å². The molecule has 1 aromatic heterocycles. The maximum Gasteiger partial charge on any atom is 2.00 e. The first-order valence-electron chi connectivity index (χ1n) is 14.5. The standard InChI is InChI=1S/C34H36N4O6.Mg/c1-7-19-15(3)23-12-25-17(5)21(9-10-29(39)40)32(37-25)22(11-30(41)42)33-31(34(43)44)18(6)26(38-33)14-28-20(8-2)16(4)24(36-28)13-27(19)35-23;/h7,12-14,17,21H,1,8-11H2,2-6H3,(H5,35,36,37,38,39,40,41,42,43,44);/q;+2/p-2. The van der Waals surface area contributed by atoms with Gasteiger partial charge in [-0.1, -0.05) is 49.8 Å². The quantitative estimate of drug-likeness (QED) is 0.283. The zero-order chi connectivity index (χ0) is 32.0. The SMILES string of the molecule is C=CC1=C(C)C2=CC3=NC(=C(CC(=O)[O-])C4=NC(=C(C)C4=C([O-])[O-])C=c4[n-]c(c(C)c4CC)=CC1=N2)C(CCC(=O)[O-])C3C.[H+].[H+].[H+].[Mg+2]. The normalized spacial score (nSPS) is 20.6. The fourth-order valence-electron chi connectivity index (χ4n) is 6.34.